The van der Waals surface area contributed by atoms with Crippen LogP contribution in [-0.2, 0) is 13.1 Å². The highest BCUT2D eigenvalue weighted by molar-refractivity contribution is 5.92. The van der Waals surface area contributed by atoms with E-state index in [2.05, 4.69) is 25.4 Å². The van der Waals surface area contributed by atoms with Crippen molar-refractivity contribution in [1.82, 2.24) is 29.6 Å². The van der Waals surface area contributed by atoms with Gasteiger partial charge in [0.1, 0.15) is 5.69 Å². The first-order valence-electron chi connectivity index (χ1n) is 8.93. The lowest BCUT2D eigenvalue weighted by molar-refractivity contribution is 0.0718. The van der Waals surface area contributed by atoms with Gasteiger partial charge in [0.05, 0.1) is 12.2 Å². The Morgan fingerprint density at radius 2 is 2.00 bits per heavy atom. The minimum absolute atomic E-state index is 0.0608. The number of nitrogens with zero attached hydrogens (tertiary/aromatic N) is 6. The number of carbonyl (C=O) groups is 1. The first-order valence-corrected chi connectivity index (χ1v) is 8.93. The molecule has 1 amide bonds. The molecule has 4 heterocycles. The van der Waals surface area contributed by atoms with E-state index in [0.717, 1.165) is 17.9 Å². The second-order valence-corrected chi connectivity index (χ2v) is 6.67. The zero-order valence-corrected chi connectivity index (χ0v) is 15.1. The van der Waals surface area contributed by atoms with Gasteiger partial charge in [-0.1, -0.05) is 6.07 Å². The summed E-state index contributed by atoms with van der Waals surface area (Å²) in [5.74, 6) is 0.693. The number of aryl methyl sites for hydroxylation is 1. The number of anilines is 1. The Balaban J connectivity index is 1.54. The third-order valence-electron chi connectivity index (χ3n) is 4.58. The van der Waals surface area contributed by atoms with Crippen LogP contribution in [0.15, 0.2) is 48.9 Å². The van der Waals surface area contributed by atoms with Gasteiger partial charge in [-0.3, -0.25) is 9.48 Å². The average Bonchev–Trinajstić information content (AvgIpc) is 3.04. The van der Waals surface area contributed by atoms with Crippen molar-refractivity contribution in [1.29, 1.82) is 0 Å². The molecule has 3 aromatic rings. The number of aromatic nitrogens is 5. The van der Waals surface area contributed by atoms with Crippen LogP contribution >= 0.6 is 0 Å². The summed E-state index contributed by atoms with van der Waals surface area (Å²) in [6.45, 7) is 4.40. The van der Waals surface area contributed by atoms with E-state index in [1.165, 1.54) is 0 Å². The van der Waals surface area contributed by atoms with Crippen LogP contribution in [0.3, 0.4) is 0 Å². The van der Waals surface area contributed by atoms with Gasteiger partial charge in [0.2, 0.25) is 5.95 Å². The molecular formula is C19H21N7O. The van der Waals surface area contributed by atoms with Gasteiger partial charge in [0, 0.05) is 49.8 Å². The van der Waals surface area contributed by atoms with Crippen molar-refractivity contribution < 1.29 is 4.79 Å². The molecule has 4 rings (SSSR count). The van der Waals surface area contributed by atoms with Crippen LogP contribution in [0.4, 0.5) is 5.95 Å². The maximum atomic E-state index is 13.0. The van der Waals surface area contributed by atoms with Crippen LogP contribution in [0.5, 0.6) is 0 Å². The molecule has 0 bridgehead atoms. The number of nitrogens with one attached hydrogen (secondary N) is 1. The van der Waals surface area contributed by atoms with Gasteiger partial charge in [-0.2, -0.15) is 5.10 Å². The summed E-state index contributed by atoms with van der Waals surface area (Å²) in [5.41, 5.74) is 2.33. The number of pyridine rings is 1. The molecule has 138 valence electrons. The number of carbonyl (C=O) groups excluding carboxylic acids is 1. The van der Waals surface area contributed by atoms with Crippen LogP contribution in [0, 0.1) is 12.8 Å². The molecule has 1 aliphatic heterocycles. The number of fused-ring (bicyclic) bond motifs is 1. The summed E-state index contributed by atoms with van der Waals surface area (Å²) in [6.07, 6.45) is 5.18. The third-order valence-corrected chi connectivity index (χ3v) is 4.58. The lowest BCUT2D eigenvalue weighted by Gasteiger charge is -2.24. The highest BCUT2D eigenvalue weighted by Gasteiger charge is 2.27. The predicted molar refractivity (Wildman–Crippen MR) is 100.0 cm³/mol. The fraction of sp³-hybridized carbons (Fsp3) is 0.316. The van der Waals surface area contributed by atoms with E-state index in [4.69, 9.17) is 0 Å². The smallest absolute Gasteiger partial charge is 0.272 e. The highest BCUT2D eigenvalue weighted by Crippen LogP contribution is 2.18. The van der Waals surface area contributed by atoms with Gasteiger partial charge in [0.25, 0.3) is 5.91 Å². The summed E-state index contributed by atoms with van der Waals surface area (Å²) >= 11 is 0. The van der Waals surface area contributed by atoms with E-state index in [1.54, 1.807) is 30.7 Å². The van der Waals surface area contributed by atoms with Crippen LogP contribution in [0.1, 0.15) is 21.9 Å². The molecule has 3 aromatic heterocycles. The number of hydrogen-bond donors (Lipinski definition) is 1. The second-order valence-electron chi connectivity index (χ2n) is 6.67. The molecule has 27 heavy (non-hydrogen) atoms. The maximum absolute atomic E-state index is 13.0. The van der Waals surface area contributed by atoms with Crippen molar-refractivity contribution in [2.45, 2.75) is 20.0 Å². The molecule has 0 unspecified atom stereocenters. The van der Waals surface area contributed by atoms with Crippen molar-refractivity contribution in [3.05, 3.63) is 66.0 Å². The van der Waals surface area contributed by atoms with Gasteiger partial charge < -0.3 is 10.2 Å². The minimum Gasteiger partial charge on any atom is -0.354 e. The first kappa shape index (κ1) is 17.1. The molecule has 0 aromatic carbocycles. The van der Waals surface area contributed by atoms with E-state index < -0.39 is 0 Å². The van der Waals surface area contributed by atoms with Crippen LogP contribution < -0.4 is 5.32 Å². The topological polar surface area (TPSA) is 88.8 Å². The quantitative estimate of drug-likeness (QED) is 0.760. The SMILES string of the molecule is Cc1cccc(C(=O)N2Cc3ccnn3C[C@@H](CNc3ncccn3)C2)n1. The molecule has 0 spiro atoms. The Morgan fingerprint density at radius 3 is 2.81 bits per heavy atom. The Kier molecular flexibility index (Phi) is 4.78. The molecule has 0 radical (unpaired) electrons. The minimum atomic E-state index is -0.0608. The molecule has 0 fully saturated rings. The lowest BCUT2D eigenvalue weighted by atomic mass is 10.1. The van der Waals surface area contributed by atoms with E-state index in [1.807, 2.05) is 34.7 Å². The van der Waals surface area contributed by atoms with E-state index in [-0.39, 0.29) is 11.8 Å². The summed E-state index contributed by atoms with van der Waals surface area (Å²) in [7, 11) is 0. The van der Waals surface area contributed by atoms with E-state index in [9.17, 15) is 4.79 Å². The Labute approximate surface area is 157 Å². The Bertz CT molecular complexity index is 925. The summed E-state index contributed by atoms with van der Waals surface area (Å²) in [6, 6.07) is 9.26. The van der Waals surface area contributed by atoms with E-state index in [0.29, 0.717) is 31.3 Å². The largest absolute Gasteiger partial charge is 0.354 e. The standard InChI is InChI=1S/C19H21N7O/c1-14-4-2-5-17(24-14)18(27)25-11-15(10-22-19-20-7-3-8-21-19)12-26-16(13-25)6-9-23-26/h2-9,15H,10-13H2,1H3,(H,20,21,22)/t15-/m0/s1. The van der Waals surface area contributed by atoms with Crippen LogP contribution in [-0.4, -0.2) is 48.6 Å². The average molecular weight is 363 g/mol. The second kappa shape index (κ2) is 7.53. The zero-order chi connectivity index (χ0) is 18.6. The lowest BCUT2D eigenvalue weighted by Crippen LogP contribution is -2.36. The molecule has 8 heteroatoms. The molecule has 8 nitrogen and oxygen atoms in total. The maximum Gasteiger partial charge on any atom is 0.272 e. The zero-order valence-electron chi connectivity index (χ0n) is 15.1. The van der Waals surface area contributed by atoms with Crippen LogP contribution in [0.2, 0.25) is 0 Å². The summed E-state index contributed by atoms with van der Waals surface area (Å²) in [5, 5.41) is 7.66. The van der Waals surface area contributed by atoms with Crippen molar-refractivity contribution in [2.24, 2.45) is 5.92 Å². The molecule has 1 atom stereocenters. The van der Waals surface area contributed by atoms with Gasteiger partial charge in [0.15, 0.2) is 0 Å². The molecule has 1 aliphatic rings. The van der Waals surface area contributed by atoms with Gasteiger partial charge >= 0.3 is 0 Å². The first-order chi connectivity index (χ1) is 13.2. The number of hydrogen-bond acceptors (Lipinski definition) is 6. The van der Waals surface area contributed by atoms with Crippen molar-refractivity contribution in [2.75, 3.05) is 18.4 Å². The fourth-order valence-corrected chi connectivity index (χ4v) is 3.27. The predicted octanol–water partition coefficient (Wildman–Crippen LogP) is 1.76. The number of amides is 1. The van der Waals surface area contributed by atoms with Crippen LogP contribution in [0.25, 0.3) is 0 Å². The molecule has 0 saturated heterocycles. The normalized spacial score (nSPS) is 16.5. The molecule has 0 saturated carbocycles. The van der Waals surface area contributed by atoms with Crippen molar-refractivity contribution in [3.63, 3.8) is 0 Å². The van der Waals surface area contributed by atoms with Crippen molar-refractivity contribution >= 4 is 11.9 Å². The Morgan fingerprint density at radius 1 is 1.15 bits per heavy atom. The van der Waals surface area contributed by atoms with E-state index >= 15 is 0 Å². The number of rotatable bonds is 4. The fourth-order valence-electron chi connectivity index (χ4n) is 3.27. The molecule has 1 N–H and O–H groups in total. The Hall–Kier alpha value is -3.29. The van der Waals surface area contributed by atoms with Gasteiger partial charge in [-0.15, -0.1) is 0 Å². The molecular weight excluding hydrogens is 342 g/mol. The van der Waals surface area contributed by atoms with Crippen molar-refractivity contribution in [3.8, 4) is 0 Å². The highest BCUT2D eigenvalue weighted by atomic mass is 16.2. The monoisotopic (exact) mass is 363 g/mol. The van der Waals surface area contributed by atoms with Gasteiger partial charge in [-0.05, 0) is 31.2 Å². The summed E-state index contributed by atoms with van der Waals surface area (Å²) in [4.78, 5) is 27.7. The molecule has 0 aliphatic carbocycles. The van der Waals surface area contributed by atoms with Gasteiger partial charge in [-0.25, -0.2) is 15.0 Å². The summed E-state index contributed by atoms with van der Waals surface area (Å²) < 4.78 is 1.97. The third kappa shape index (κ3) is 3.94.